The first kappa shape index (κ1) is 16.5. The molecule has 126 valence electrons. The zero-order valence-electron chi connectivity index (χ0n) is 13.4. The summed E-state index contributed by atoms with van der Waals surface area (Å²) in [5.41, 5.74) is 1.06. The lowest BCUT2D eigenvalue weighted by Gasteiger charge is -2.42. The van der Waals surface area contributed by atoms with Gasteiger partial charge >= 0.3 is 0 Å². The SMILES string of the molecule is Cc1ccc(S(=O)(=O)OC2CCC3(CCNC(=O)C3)CC2)cc1. The average Bonchev–Trinajstić information content (AvgIpc) is 2.50. The van der Waals surface area contributed by atoms with Crippen LogP contribution < -0.4 is 5.32 Å². The van der Waals surface area contributed by atoms with E-state index in [0.717, 1.165) is 31.4 Å². The predicted octanol–water partition coefficient (Wildman–Crippen LogP) is 2.54. The Balaban J connectivity index is 1.62. The number of benzene rings is 1. The zero-order valence-corrected chi connectivity index (χ0v) is 14.2. The van der Waals surface area contributed by atoms with Gasteiger partial charge in [0.25, 0.3) is 10.1 Å². The number of hydrogen-bond donors (Lipinski definition) is 1. The van der Waals surface area contributed by atoms with Gasteiger partial charge in [0, 0.05) is 13.0 Å². The minimum Gasteiger partial charge on any atom is -0.356 e. The van der Waals surface area contributed by atoms with Gasteiger partial charge in [-0.05, 0) is 56.6 Å². The van der Waals surface area contributed by atoms with Crippen LogP contribution in [0.4, 0.5) is 0 Å². The first-order valence-corrected chi connectivity index (χ1v) is 9.56. The van der Waals surface area contributed by atoms with E-state index in [1.165, 1.54) is 0 Å². The van der Waals surface area contributed by atoms with Crippen LogP contribution in [0.1, 0.15) is 44.1 Å². The number of amides is 1. The fraction of sp³-hybridized carbons (Fsp3) is 0.588. The second-order valence-electron chi connectivity index (χ2n) is 6.84. The van der Waals surface area contributed by atoms with Crippen LogP contribution in [0.3, 0.4) is 0 Å². The van der Waals surface area contributed by atoms with Crippen LogP contribution in [0.5, 0.6) is 0 Å². The monoisotopic (exact) mass is 337 g/mol. The molecule has 1 heterocycles. The summed E-state index contributed by atoms with van der Waals surface area (Å²) < 4.78 is 30.1. The standard InChI is InChI=1S/C17H23NO4S/c1-13-2-4-15(5-3-13)23(20,21)22-14-6-8-17(9-7-14)10-11-18-16(19)12-17/h2-5,14H,6-12H2,1H3,(H,18,19). The normalized spacial score (nSPS) is 28.6. The molecule has 2 fully saturated rings. The van der Waals surface area contributed by atoms with E-state index in [1.54, 1.807) is 24.3 Å². The second kappa shape index (κ2) is 6.24. The number of carbonyl (C=O) groups is 1. The highest BCUT2D eigenvalue weighted by Crippen LogP contribution is 2.44. The quantitative estimate of drug-likeness (QED) is 0.860. The number of piperidine rings is 1. The van der Waals surface area contributed by atoms with Gasteiger partial charge in [0.1, 0.15) is 0 Å². The average molecular weight is 337 g/mol. The maximum atomic E-state index is 12.3. The molecule has 1 saturated heterocycles. The van der Waals surface area contributed by atoms with Crippen molar-refractivity contribution >= 4 is 16.0 Å². The lowest BCUT2D eigenvalue weighted by Crippen LogP contribution is -2.43. The molecule has 0 radical (unpaired) electrons. The molecule has 0 unspecified atom stereocenters. The van der Waals surface area contributed by atoms with Gasteiger partial charge < -0.3 is 5.32 Å². The van der Waals surface area contributed by atoms with E-state index in [9.17, 15) is 13.2 Å². The predicted molar refractivity (Wildman–Crippen MR) is 86.4 cm³/mol. The summed E-state index contributed by atoms with van der Waals surface area (Å²) in [6.45, 7) is 2.64. The van der Waals surface area contributed by atoms with Gasteiger partial charge in [-0.2, -0.15) is 8.42 Å². The lowest BCUT2D eigenvalue weighted by molar-refractivity contribution is -0.127. The summed E-state index contributed by atoms with van der Waals surface area (Å²) >= 11 is 0. The Morgan fingerprint density at radius 1 is 1.13 bits per heavy atom. The Labute approximate surface area is 137 Å². The fourth-order valence-corrected chi connectivity index (χ4v) is 4.76. The maximum Gasteiger partial charge on any atom is 0.297 e. The summed E-state index contributed by atoms with van der Waals surface area (Å²) in [4.78, 5) is 11.8. The molecule has 1 aromatic rings. The molecular formula is C17H23NO4S. The highest BCUT2D eigenvalue weighted by Gasteiger charge is 2.40. The topological polar surface area (TPSA) is 72.5 Å². The molecular weight excluding hydrogens is 314 g/mol. The van der Waals surface area contributed by atoms with Crippen molar-refractivity contribution in [2.24, 2.45) is 5.41 Å². The van der Waals surface area contributed by atoms with Crippen molar-refractivity contribution in [1.82, 2.24) is 5.32 Å². The molecule has 1 amide bonds. The van der Waals surface area contributed by atoms with Crippen LogP contribution in [-0.2, 0) is 19.1 Å². The third-order valence-corrected chi connectivity index (χ3v) is 6.45. The van der Waals surface area contributed by atoms with E-state index < -0.39 is 10.1 Å². The number of nitrogens with one attached hydrogen (secondary N) is 1. The van der Waals surface area contributed by atoms with Gasteiger partial charge in [-0.25, -0.2) is 0 Å². The van der Waals surface area contributed by atoms with E-state index in [-0.39, 0.29) is 22.3 Å². The fourth-order valence-electron chi connectivity index (χ4n) is 3.62. The Morgan fingerprint density at radius 2 is 1.78 bits per heavy atom. The molecule has 3 rings (SSSR count). The first-order valence-electron chi connectivity index (χ1n) is 8.15. The van der Waals surface area contributed by atoms with Crippen molar-refractivity contribution in [3.63, 3.8) is 0 Å². The minimum absolute atomic E-state index is 0.0514. The van der Waals surface area contributed by atoms with Gasteiger partial charge in [-0.1, -0.05) is 17.7 Å². The Kier molecular flexibility index (Phi) is 4.47. The Morgan fingerprint density at radius 3 is 2.39 bits per heavy atom. The van der Waals surface area contributed by atoms with Crippen molar-refractivity contribution in [1.29, 1.82) is 0 Å². The van der Waals surface area contributed by atoms with Crippen LogP contribution in [0, 0.1) is 12.3 Å². The van der Waals surface area contributed by atoms with Crippen molar-refractivity contribution in [2.75, 3.05) is 6.54 Å². The number of carbonyl (C=O) groups excluding carboxylic acids is 1. The van der Waals surface area contributed by atoms with Crippen molar-refractivity contribution in [3.8, 4) is 0 Å². The number of aryl methyl sites for hydroxylation is 1. The molecule has 0 bridgehead atoms. The van der Waals surface area contributed by atoms with Gasteiger partial charge in [-0.3, -0.25) is 8.98 Å². The van der Waals surface area contributed by atoms with Gasteiger partial charge in [0.05, 0.1) is 11.0 Å². The van der Waals surface area contributed by atoms with Gasteiger partial charge in [-0.15, -0.1) is 0 Å². The molecule has 1 spiro atoms. The smallest absolute Gasteiger partial charge is 0.297 e. The Hall–Kier alpha value is -1.40. The van der Waals surface area contributed by atoms with Crippen molar-refractivity contribution in [2.45, 2.75) is 56.4 Å². The molecule has 1 saturated carbocycles. The van der Waals surface area contributed by atoms with E-state index in [0.29, 0.717) is 19.3 Å². The molecule has 23 heavy (non-hydrogen) atoms. The van der Waals surface area contributed by atoms with Crippen LogP contribution in [-0.4, -0.2) is 27.0 Å². The third kappa shape index (κ3) is 3.75. The summed E-state index contributed by atoms with van der Waals surface area (Å²) in [7, 11) is -3.71. The van der Waals surface area contributed by atoms with Crippen LogP contribution in [0.15, 0.2) is 29.2 Å². The molecule has 1 N–H and O–H groups in total. The van der Waals surface area contributed by atoms with Crippen LogP contribution >= 0.6 is 0 Å². The van der Waals surface area contributed by atoms with Gasteiger partial charge in [0.2, 0.25) is 5.91 Å². The molecule has 0 atom stereocenters. The number of hydrogen-bond acceptors (Lipinski definition) is 4. The van der Waals surface area contributed by atoms with Gasteiger partial charge in [0.15, 0.2) is 0 Å². The summed E-state index contributed by atoms with van der Waals surface area (Å²) in [5, 5.41) is 2.86. The molecule has 1 aliphatic carbocycles. The maximum absolute atomic E-state index is 12.3. The van der Waals surface area contributed by atoms with E-state index in [2.05, 4.69) is 5.32 Å². The Bertz CT molecular complexity index is 673. The summed E-state index contributed by atoms with van der Waals surface area (Å²) in [5.74, 6) is 0.114. The zero-order chi connectivity index (χ0) is 16.5. The molecule has 0 aromatic heterocycles. The van der Waals surface area contributed by atoms with Crippen LogP contribution in [0.25, 0.3) is 0 Å². The molecule has 1 aromatic carbocycles. The minimum atomic E-state index is -3.71. The van der Waals surface area contributed by atoms with Crippen molar-refractivity contribution < 1.29 is 17.4 Å². The van der Waals surface area contributed by atoms with E-state index in [4.69, 9.17) is 4.18 Å². The third-order valence-electron chi connectivity index (χ3n) is 5.08. The largest absolute Gasteiger partial charge is 0.356 e. The molecule has 1 aliphatic heterocycles. The second-order valence-corrected chi connectivity index (χ2v) is 8.41. The first-order chi connectivity index (χ1) is 10.9. The lowest BCUT2D eigenvalue weighted by atomic mass is 9.67. The van der Waals surface area contributed by atoms with Crippen LogP contribution in [0.2, 0.25) is 0 Å². The van der Waals surface area contributed by atoms with E-state index in [1.807, 2.05) is 6.92 Å². The molecule has 2 aliphatic rings. The molecule has 5 nitrogen and oxygen atoms in total. The van der Waals surface area contributed by atoms with E-state index >= 15 is 0 Å². The highest BCUT2D eigenvalue weighted by atomic mass is 32.2. The molecule has 6 heteroatoms. The number of rotatable bonds is 3. The summed E-state index contributed by atoms with van der Waals surface area (Å²) in [6.07, 6.45) is 4.36. The van der Waals surface area contributed by atoms with Crippen molar-refractivity contribution in [3.05, 3.63) is 29.8 Å². The highest BCUT2D eigenvalue weighted by molar-refractivity contribution is 7.86. The summed E-state index contributed by atoms with van der Waals surface area (Å²) in [6, 6.07) is 6.71.